The molecule has 0 spiro atoms. The molecule has 118 valence electrons. The highest BCUT2D eigenvalue weighted by Gasteiger charge is 2.49. The zero-order chi connectivity index (χ0) is 15.0. The van der Waals surface area contributed by atoms with Crippen LogP contribution in [0.5, 0.6) is 0 Å². The molecule has 0 aromatic carbocycles. The molecule has 0 heteroatoms. The van der Waals surface area contributed by atoms with E-state index in [4.69, 9.17) is 0 Å². The molecule has 0 heterocycles. The Morgan fingerprint density at radius 2 is 1.50 bits per heavy atom. The molecule has 0 amide bonds. The molecule has 0 bridgehead atoms. The van der Waals surface area contributed by atoms with Gasteiger partial charge in [-0.1, -0.05) is 73.6 Å². The van der Waals surface area contributed by atoms with E-state index in [1.807, 2.05) is 0 Å². The smallest absolute Gasteiger partial charge is 0.0223 e. The molecule has 0 N–H and O–H groups in total. The molecule has 4 atom stereocenters. The van der Waals surface area contributed by atoms with Gasteiger partial charge < -0.3 is 0 Å². The quantitative estimate of drug-likeness (QED) is 0.537. The van der Waals surface area contributed by atoms with Crippen LogP contribution in [0, 0.1) is 34.5 Å². The van der Waals surface area contributed by atoms with Crippen LogP contribution in [0.25, 0.3) is 0 Å². The second kappa shape index (κ2) is 6.01. The van der Waals surface area contributed by atoms with Gasteiger partial charge in [-0.3, -0.25) is 0 Å². The number of hydrogen-bond donors (Lipinski definition) is 0. The number of rotatable bonds is 4. The van der Waals surface area contributed by atoms with Crippen molar-refractivity contribution >= 4 is 0 Å². The molecule has 0 aromatic heterocycles. The standard InChI is InChI=1S/C20H38/c1-7-19(4,5)20(6,15(2)3)18-13-12-16-10-8-9-11-17(16)14-18/h15-18H,7-14H2,1-6H3. The van der Waals surface area contributed by atoms with Crippen molar-refractivity contribution in [3.05, 3.63) is 0 Å². The lowest BCUT2D eigenvalue weighted by Crippen LogP contribution is -2.48. The molecule has 2 rings (SSSR count). The van der Waals surface area contributed by atoms with E-state index in [0.717, 1.165) is 23.7 Å². The molecule has 0 saturated heterocycles. The average Bonchev–Trinajstić information content (AvgIpc) is 2.45. The van der Waals surface area contributed by atoms with Gasteiger partial charge in [-0.05, 0) is 53.8 Å². The molecular formula is C20H38. The minimum atomic E-state index is 0.466. The predicted molar refractivity (Wildman–Crippen MR) is 89.8 cm³/mol. The monoisotopic (exact) mass is 278 g/mol. The Labute approximate surface area is 128 Å². The van der Waals surface area contributed by atoms with Crippen molar-refractivity contribution in [2.45, 2.75) is 92.9 Å². The highest BCUT2D eigenvalue weighted by Crippen LogP contribution is 2.58. The van der Waals surface area contributed by atoms with Crippen molar-refractivity contribution in [1.29, 1.82) is 0 Å². The van der Waals surface area contributed by atoms with Crippen LogP contribution in [0.4, 0.5) is 0 Å². The van der Waals surface area contributed by atoms with Gasteiger partial charge in [0.25, 0.3) is 0 Å². The number of fused-ring (bicyclic) bond motifs is 1. The summed E-state index contributed by atoms with van der Waals surface area (Å²) in [6, 6.07) is 0. The van der Waals surface area contributed by atoms with Crippen LogP contribution in [0.2, 0.25) is 0 Å². The summed E-state index contributed by atoms with van der Waals surface area (Å²) in [5.74, 6) is 3.90. The SMILES string of the molecule is CCC(C)(C)C(C)(C(C)C)C1CCC2CCCCC2C1. The Hall–Kier alpha value is 0. The Balaban J connectivity index is 2.18. The number of hydrogen-bond acceptors (Lipinski definition) is 0. The summed E-state index contributed by atoms with van der Waals surface area (Å²) in [5.41, 5.74) is 0.970. The zero-order valence-corrected chi connectivity index (χ0v) is 15.0. The van der Waals surface area contributed by atoms with Gasteiger partial charge >= 0.3 is 0 Å². The molecule has 2 saturated carbocycles. The van der Waals surface area contributed by atoms with Crippen LogP contribution in [0.1, 0.15) is 92.9 Å². The third kappa shape index (κ3) is 2.69. The first-order chi connectivity index (χ1) is 9.33. The summed E-state index contributed by atoms with van der Waals surface area (Å²) in [6.07, 6.45) is 11.9. The minimum Gasteiger partial charge on any atom is -0.0649 e. The Morgan fingerprint density at radius 1 is 0.900 bits per heavy atom. The average molecular weight is 279 g/mol. The van der Waals surface area contributed by atoms with E-state index in [9.17, 15) is 0 Å². The van der Waals surface area contributed by atoms with Crippen molar-refractivity contribution in [2.24, 2.45) is 34.5 Å². The summed E-state index contributed by atoms with van der Waals surface area (Å²) >= 11 is 0. The third-order valence-electron chi connectivity index (χ3n) is 7.93. The first kappa shape index (κ1) is 16.4. The molecular weight excluding hydrogens is 240 g/mol. The van der Waals surface area contributed by atoms with Gasteiger partial charge in [0, 0.05) is 0 Å². The topological polar surface area (TPSA) is 0 Å². The summed E-state index contributed by atoms with van der Waals surface area (Å²) < 4.78 is 0. The predicted octanol–water partition coefficient (Wildman–Crippen LogP) is 6.69. The van der Waals surface area contributed by atoms with Crippen molar-refractivity contribution < 1.29 is 0 Å². The van der Waals surface area contributed by atoms with Crippen LogP contribution in [0.3, 0.4) is 0 Å². The van der Waals surface area contributed by atoms with Gasteiger partial charge in [0.2, 0.25) is 0 Å². The maximum atomic E-state index is 2.62. The molecule has 0 nitrogen and oxygen atoms in total. The lowest BCUT2D eigenvalue weighted by Gasteiger charge is -2.56. The van der Waals surface area contributed by atoms with E-state index in [0.29, 0.717) is 10.8 Å². The fraction of sp³-hybridized carbons (Fsp3) is 1.00. The second-order valence-corrected chi connectivity index (χ2v) is 8.99. The van der Waals surface area contributed by atoms with E-state index in [2.05, 4.69) is 41.5 Å². The fourth-order valence-electron chi connectivity index (χ4n) is 5.60. The van der Waals surface area contributed by atoms with E-state index >= 15 is 0 Å². The molecule has 0 aliphatic heterocycles. The maximum absolute atomic E-state index is 2.62. The summed E-state index contributed by atoms with van der Waals surface area (Å²) in [6.45, 7) is 15.0. The van der Waals surface area contributed by atoms with Gasteiger partial charge in [0.1, 0.15) is 0 Å². The zero-order valence-electron chi connectivity index (χ0n) is 15.0. The summed E-state index contributed by atoms with van der Waals surface area (Å²) in [5, 5.41) is 0. The van der Waals surface area contributed by atoms with Crippen LogP contribution in [0.15, 0.2) is 0 Å². The first-order valence-corrected chi connectivity index (χ1v) is 9.33. The van der Waals surface area contributed by atoms with Gasteiger partial charge in [0.15, 0.2) is 0 Å². The second-order valence-electron chi connectivity index (χ2n) is 8.99. The van der Waals surface area contributed by atoms with Gasteiger partial charge in [-0.2, -0.15) is 0 Å². The largest absolute Gasteiger partial charge is 0.0649 e. The highest BCUT2D eigenvalue weighted by atomic mass is 14.5. The molecule has 20 heavy (non-hydrogen) atoms. The van der Waals surface area contributed by atoms with Crippen LogP contribution in [-0.4, -0.2) is 0 Å². The van der Waals surface area contributed by atoms with Crippen molar-refractivity contribution in [2.75, 3.05) is 0 Å². The van der Waals surface area contributed by atoms with Crippen molar-refractivity contribution in [1.82, 2.24) is 0 Å². The summed E-state index contributed by atoms with van der Waals surface area (Å²) in [4.78, 5) is 0. The highest BCUT2D eigenvalue weighted by molar-refractivity contribution is 4.99. The van der Waals surface area contributed by atoms with E-state index in [-0.39, 0.29) is 0 Å². The maximum Gasteiger partial charge on any atom is -0.0223 e. The van der Waals surface area contributed by atoms with Gasteiger partial charge in [0.05, 0.1) is 0 Å². The van der Waals surface area contributed by atoms with Crippen LogP contribution < -0.4 is 0 Å². The molecule has 2 fully saturated rings. The van der Waals surface area contributed by atoms with E-state index in [1.54, 1.807) is 0 Å². The Kier molecular flexibility index (Phi) is 4.92. The van der Waals surface area contributed by atoms with Crippen molar-refractivity contribution in [3.8, 4) is 0 Å². The Morgan fingerprint density at radius 3 is 2.05 bits per heavy atom. The molecule has 2 aliphatic rings. The lowest BCUT2D eigenvalue weighted by atomic mass is 9.49. The normalized spacial score (nSPS) is 34.6. The molecule has 2 aliphatic carbocycles. The van der Waals surface area contributed by atoms with Crippen LogP contribution >= 0.6 is 0 Å². The summed E-state index contributed by atoms with van der Waals surface area (Å²) in [7, 11) is 0. The molecule has 4 unspecified atom stereocenters. The van der Waals surface area contributed by atoms with Crippen LogP contribution in [-0.2, 0) is 0 Å². The van der Waals surface area contributed by atoms with E-state index < -0.39 is 0 Å². The minimum absolute atomic E-state index is 0.466. The van der Waals surface area contributed by atoms with E-state index in [1.165, 1.54) is 51.4 Å². The van der Waals surface area contributed by atoms with Gasteiger partial charge in [-0.25, -0.2) is 0 Å². The Bertz CT molecular complexity index is 314. The first-order valence-electron chi connectivity index (χ1n) is 9.33. The van der Waals surface area contributed by atoms with Gasteiger partial charge in [-0.15, -0.1) is 0 Å². The third-order valence-corrected chi connectivity index (χ3v) is 7.93. The fourth-order valence-corrected chi connectivity index (χ4v) is 5.60. The molecule has 0 aromatic rings. The van der Waals surface area contributed by atoms with Crippen molar-refractivity contribution in [3.63, 3.8) is 0 Å². The molecule has 0 radical (unpaired) electrons. The lowest BCUT2D eigenvalue weighted by molar-refractivity contribution is -0.0649.